The van der Waals surface area contributed by atoms with Gasteiger partial charge in [0.25, 0.3) is 0 Å². The number of hydrogen-bond acceptors (Lipinski definition) is 3. The minimum Gasteiger partial charge on any atom is -0.497 e. The molecular formula is C17H16FNO3. The number of halogens is 1. The Morgan fingerprint density at radius 3 is 2.68 bits per heavy atom. The summed E-state index contributed by atoms with van der Waals surface area (Å²) in [5.41, 5.74) is -0.0339. The third-order valence-corrected chi connectivity index (χ3v) is 3.80. The number of cyclic esters (lactones) is 1. The normalized spacial score (nSPS) is 20.8. The molecule has 2 aromatic rings. The van der Waals surface area contributed by atoms with Gasteiger partial charge < -0.3 is 9.47 Å². The zero-order valence-electron chi connectivity index (χ0n) is 12.2. The van der Waals surface area contributed by atoms with Gasteiger partial charge in [-0.2, -0.15) is 0 Å². The predicted octanol–water partition coefficient (Wildman–Crippen LogP) is 3.52. The number of carbonyl (C=O) groups excluding carboxylic acids is 1. The first kappa shape index (κ1) is 14.4. The molecule has 0 N–H and O–H groups in total. The SMILES string of the molecule is COc1cccc(C2(CF)CN(c3ccccc3)C(=O)O2)c1. The average Bonchev–Trinajstić information content (AvgIpc) is 2.94. The molecule has 4 nitrogen and oxygen atoms in total. The van der Waals surface area contributed by atoms with Gasteiger partial charge in [-0.1, -0.05) is 30.3 Å². The van der Waals surface area contributed by atoms with Crippen LogP contribution in [-0.4, -0.2) is 26.4 Å². The van der Waals surface area contributed by atoms with E-state index in [0.29, 0.717) is 17.0 Å². The van der Waals surface area contributed by atoms with Gasteiger partial charge in [-0.05, 0) is 24.3 Å². The Balaban J connectivity index is 1.96. The van der Waals surface area contributed by atoms with Crippen molar-refractivity contribution < 1.29 is 18.7 Å². The van der Waals surface area contributed by atoms with Crippen LogP contribution in [0.25, 0.3) is 0 Å². The predicted molar refractivity (Wildman–Crippen MR) is 80.9 cm³/mol. The van der Waals surface area contributed by atoms with Crippen LogP contribution < -0.4 is 9.64 Å². The smallest absolute Gasteiger partial charge is 0.415 e. The molecule has 3 rings (SSSR count). The van der Waals surface area contributed by atoms with Gasteiger partial charge in [-0.15, -0.1) is 0 Å². The largest absolute Gasteiger partial charge is 0.497 e. The van der Waals surface area contributed by atoms with E-state index < -0.39 is 18.4 Å². The van der Waals surface area contributed by atoms with E-state index in [2.05, 4.69) is 0 Å². The number of carbonyl (C=O) groups is 1. The number of methoxy groups -OCH3 is 1. The molecule has 5 heteroatoms. The number of amides is 1. The lowest BCUT2D eigenvalue weighted by molar-refractivity contribution is 0.0322. The Hall–Kier alpha value is -2.56. The summed E-state index contributed by atoms with van der Waals surface area (Å²) < 4.78 is 24.4. The summed E-state index contributed by atoms with van der Waals surface area (Å²) in [5, 5.41) is 0. The number of para-hydroxylation sites is 1. The van der Waals surface area contributed by atoms with Gasteiger partial charge in [-0.25, -0.2) is 9.18 Å². The zero-order chi connectivity index (χ0) is 15.6. The van der Waals surface area contributed by atoms with Gasteiger partial charge in [-0.3, -0.25) is 4.90 Å². The monoisotopic (exact) mass is 301 g/mol. The summed E-state index contributed by atoms with van der Waals surface area (Å²) in [5.74, 6) is 0.597. The fourth-order valence-corrected chi connectivity index (χ4v) is 2.58. The highest BCUT2D eigenvalue weighted by molar-refractivity contribution is 5.90. The average molecular weight is 301 g/mol. The van der Waals surface area contributed by atoms with Crippen LogP contribution in [0.5, 0.6) is 5.75 Å². The fraction of sp³-hybridized carbons (Fsp3) is 0.235. The molecule has 1 amide bonds. The third kappa shape index (κ3) is 2.39. The molecule has 0 spiro atoms. The van der Waals surface area contributed by atoms with Crippen molar-refractivity contribution in [3.05, 3.63) is 60.2 Å². The van der Waals surface area contributed by atoms with Crippen molar-refractivity contribution in [3.8, 4) is 5.75 Å². The van der Waals surface area contributed by atoms with Gasteiger partial charge in [0.05, 0.1) is 13.7 Å². The fourth-order valence-electron chi connectivity index (χ4n) is 2.58. The molecule has 0 aromatic heterocycles. The Bertz CT molecular complexity index is 677. The lowest BCUT2D eigenvalue weighted by atomic mass is 9.95. The number of anilines is 1. The van der Waals surface area contributed by atoms with Crippen molar-refractivity contribution in [2.75, 3.05) is 25.2 Å². The Morgan fingerprint density at radius 2 is 2.00 bits per heavy atom. The molecule has 0 bridgehead atoms. The molecule has 2 aromatic carbocycles. The molecule has 1 heterocycles. The van der Waals surface area contributed by atoms with Crippen LogP contribution in [0.3, 0.4) is 0 Å². The number of benzene rings is 2. The minimum atomic E-state index is -1.30. The highest BCUT2D eigenvalue weighted by atomic mass is 19.1. The molecule has 114 valence electrons. The van der Waals surface area contributed by atoms with E-state index >= 15 is 0 Å². The van der Waals surface area contributed by atoms with E-state index in [4.69, 9.17) is 9.47 Å². The first-order valence-electron chi connectivity index (χ1n) is 6.94. The second-order valence-corrected chi connectivity index (χ2v) is 5.15. The van der Waals surface area contributed by atoms with Crippen molar-refractivity contribution in [3.63, 3.8) is 0 Å². The molecule has 0 aliphatic carbocycles. The maximum atomic E-state index is 13.8. The number of hydrogen-bond donors (Lipinski definition) is 0. The van der Waals surface area contributed by atoms with Crippen LogP contribution >= 0.6 is 0 Å². The topological polar surface area (TPSA) is 38.8 Å². The molecular weight excluding hydrogens is 285 g/mol. The van der Waals surface area contributed by atoms with E-state index in [-0.39, 0.29) is 6.54 Å². The Labute approximate surface area is 128 Å². The first-order valence-corrected chi connectivity index (χ1v) is 6.94. The van der Waals surface area contributed by atoms with Gasteiger partial charge in [0.15, 0.2) is 5.60 Å². The molecule has 1 saturated heterocycles. The first-order chi connectivity index (χ1) is 10.7. The van der Waals surface area contributed by atoms with Crippen molar-refractivity contribution >= 4 is 11.8 Å². The number of alkyl halides is 1. The van der Waals surface area contributed by atoms with Crippen molar-refractivity contribution in [1.29, 1.82) is 0 Å². The molecule has 1 aliphatic rings. The molecule has 0 saturated carbocycles. The maximum absolute atomic E-state index is 13.8. The lowest BCUT2D eigenvalue weighted by Crippen LogP contribution is -2.34. The second kappa shape index (κ2) is 5.67. The van der Waals surface area contributed by atoms with Gasteiger partial charge in [0.1, 0.15) is 12.4 Å². The zero-order valence-corrected chi connectivity index (χ0v) is 12.2. The summed E-state index contributed by atoms with van der Waals surface area (Å²) in [4.78, 5) is 13.6. The molecule has 1 atom stereocenters. The quantitative estimate of drug-likeness (QED) is 0.867. The van der Waals surface area contributed by atoms with Crippen LogP contribution in [0.2, 0.25) is 0 Å². The van der Waals surface area contributed by atoms with E-state index in [9.17, 15) is 9.18 Å². The number of nitrogens with zero attached hydrogens (tertiary/aromatic N) is 1. The third-order valence-electron chi connectivity index (χ3n) is 3.80. The van der Waals surface area contributed by atoms with Crippen LogP contribution in [0.15, 0.2) is 54.6 Å². The summed E-state index contributed by atoms with van der Waals surface area (Å²) in [6, 6.07) is 16.0. The van der Waals surface area contributed by atoms with Crippen molar-refractivity contribution in [1.82, 2.24) is 0 Å². The Kier molecular flexibility index (Phi) is 3.71. The van der Waals surface area contributed by atoms with Gasteiger partial charge >= 0.3 is 6.09 Å². The number of rotatable bonds is 4. The van der Waals surface area contributed by atoms with Crippen LogP contribution in [0, 0.1) is 0 Å². The van der Waals surface area contributed by atoms with Crippen molar-refractivity contribution in [2.24, 2.45) is 0 Å². The minimum absolute atomic E-state index is 0.125. The molecule has 1 aliphatic heterocycles. The van der Waals surface area contributed by atoms with Crippen LogP contribution in [0.4, 0.5) is 14.9 Å². The number of ether oxygens (including phenoxy) is 2. The molecule has 1 fully saturated rings. The maximum Gasteiger partial charge on any atom is 0.415 e. The van der Waals surface area contributed by atoms with E-state index in [0.717, 1.165) is 0 Å². The highest BCUT2D eigenvalue weighted by Gasteiger charge is 2.47. The summed E-state index contributed by atoms with van der Waals surface area (Å²) in [6.45, 7) is -0.672. The van der Waals surface area contributed by atoms with Crippen LogP contribution in [0.1, 0.15) is 5.56 Å². The Morgan fingerprint density at radius 1 is 1.23 bits per heavy atom. The highest BCUT2D eigenvalue weighted by Crippen LogP contribution is 2.37. The van der Waals surface area contributed by atoms with Gasteiger partial charge in [0, 0.05) is 11.3 Å². The molecule has 22 heavy (non-hydrogen) atoms. The summed E-state index contributed by atoms with van der Waals surface area (Å²) in [6.07, 6.45) is -0.549. The standard InChI is InChI=1S/C17H16FNO3/c1-21-15-9-5-6-13(10-15)17(11-18)12-19(16(20)22-17)14-7-3-2-4-8-14/h2-10H,11-12H2,1H3. The van der Waals surface area contributed by atoms with E-state index in [1.165, 1.54) is 12.0 Å². The lowest BCUT2D eigenvalue weighted by Gasteiger charge is -2.24. The van der Waals surface area contributed by atoms with E-state index in [1.807, 2.05) is 18.2 Å². The van der Waals surface area contributed by atoms with Gasteiger partial charge in [0.2, 0.25) is 0 Å². The second-order valence-electron chi connectivity index (χ2n) is 5.15. The summed E-state index contributed by atoms with van der Waals surface area (Å²) in [7, 11) is 1.54. The summed E-state index contributed by atoms with van der Waals surface area (Å²) >= 11 is 0. The van der Waals surface area contributed by atoms with Crippen LogP contribution in [-0.2, 0) is 10.3 Å². The molecule has 0 radical (unpaired) electrons. The van der Waals surface area contributed by atoms with Crippen molar-refractivity contribution in [2.45, 2.75) is 5.60 Å². The molecule has 1 unspecified atom stereocenters. The van der Waals surface area contributed by atoms with E-state index in [1.54, 1.807) is 36.4 Å².